The maximum atomic E-state index is 12.3. The highest BCUT2D eigenvalue weighted by Crippen LogP contribution is 2.30. The molecule has 0 aliphatic carbocycles. The second kappa shape index (κ2) is 5.28. The molecule has 2 heterocycles. The van der Waals surface area contributed by atoms with Gasteiger partial charge >= 0.3 is 5.97 Å². The van der Waals surface area contributed by atoms with Gasteiger partial charge in [0.1, 0.15) is 10.9 Å². The van der Waals surface area contributed by atoms with E-state index in [-0.39, 0.29) is 5.91 Å². The fraction of sp³-hybridized carbons (Fsp3) is 0.500. The van der Waals surface area contributed by atoms with Gasteiger partial charge in [0.25, 0.3) is 5.91 Å². The predicted molar refractivity (Wildman–Crippen MR) is 70.4 cm³/mol. The van der Waals surface area contributed by atoms with Crippen LogP contribution in [0.2, 0.25) is 5.02 Å². The largest absolute Gasteiger partial charge is 0.480 e. The van der Waals surface area contributed by atoms with Gasteiger partial charge in [-0.15, -0.1) is 11.3 Å². The van der Waals surface area contributed by atoms with Gasteiger partial charge in [0.05, 0.1) is 5.02 Å². The number of carboxylic acids is 1. The molecule has 1 amide bonds. The van der Waals surface area contributed by atoms with Crippen molar-refractivity contribution in [3.8, 4) is 0 Å². The molecule has 1 fully saturated rings. The summed E-state index contributed by atoms with van der Waals surface area (Å²) in [5, 5.41) is 11.4. The normalized spacial score (nSPS) is 19.9. The Labute approximate surface area is 114 Å². The zero-order chi connectivity index (χ0) is 13.3. The molecule has 6 heteroatoms. The summed E-state index contributed by atoms with van der Waals surface area (Å²) in [6.07, 6.45) is 2.21. The van der Waals surface area contributed by atoms with Crippen LogP contribution in [0.3, 0.4) is 0 Å². The third-order valence-electron chi connectivity index (χ3n) is 3.14. The maximum Gasteiger partial charge on any atom is 0.326 e. The number of carbonyl (C=O) groups is 2. The molecule has 0 radical (unpaired) electrons. The second-order valence-electron chi connectivity index (χ2n) is 4.41. The van der Waals surface area contributed by atoms with Gasteiger partial charge in [-0.25, -0.2) is 4.79 Å². The summed E-state index contributed by atoms with van der Waals surface area (Å²) in [7, 11) is 0. The van der Waals surface area contributed by atoms with E-state index in [2.05, 4.69) is 0 Å². The van der Waals surface area contributed by atoms with E-state index in [1.165, 1.54) is 16.2 Å². The van der Waals surface area contributed by atoms with Gasteiger partial charge in [-0.2, -0.15) is 0 Å². The average molecular weight is 288 g/mol. The van der Waals surface area contributed by atoms with Crippen LogP contribution in [-0.2, 0) is 4.79 Å². The number of hydrogen-bond donors (Lipinski definition) is 1. The molecule has 0 bridgehead atoms. The number of nitrogens with zero attached hydrogens (tertiary/aromatic N) is 1. The minimum absolute atomic E-state index is 0.259. The Balaban J connectivity index is 2.26. The van der Waals surface area contributed by atoms with Crippen LogP contribution < -0.4 is 0 Å². The minimum atomic E-state index is -0.938. The Bertz CT molecular complexity index is 486. The van der Waals surface area contributed by atoms with E-state index >= 15 is 0 Å². The van der Waals surface area contributed by atoms with Gasteiger partial charge in [-0.1, -0.05) is 11.6 Å². The Morgan fingerprint density at radius 3 is 2.78 bits per heavy atom. The molecule has 98 valence electrons. The second-order valence-corrected chi connectivity index (χ2v) is 5.67. The molecule has 1 atom stereocenters. The lowest BCUT2D eigenvalue weighted by Crippen LogP contribution is -2.47. The van der Waals surface area contributed by atoms with Crippen LogP contribution in [0.4, 0.5) is 0 Å². The molecular formula is C12H14ClNO3S. The summed E-state index contributed by atoms with van der Waals surface area (Å²) < 4.78 is 0. The number of aliphatic carboxylic acids is 1. The number of rotatable bonds is 2. The smallest absolute Gasteiger partial charge is 0.326 e. The number of piperidine rings is 1. The molecule has 1 aromatic heterocycles. The lowest BCUT2D eigenvalue weighted by atomic mass is 10.0. The first-order valence-corrected chi connectivity index (χ1v) is 7.05. The van der Waals surface area contributed by atoms with Gasteiger partial charge in [-0.3, -0.25) is 4.79 Å². The van der Waals surface area contributed by atoms with Crippen LogP contribution in [0.25, 0.3) is 0 Å². The first-order chi connectivity index (χ1) is 8.52. The number of hydrogen-bond acceptors (Lipinski definition) is 3. The van der Waals surface area contributed by atoms with Crippen LogP contribution in [-0.4, -0.2) is 34.5 Å². The molecule has 18 heavy (non-hydrogen) atoms. The summed E-state index contributed by atoms with van der Waals surface area (Å²) in [5.41, 5.74) is 0.855. The Morgan fingerprint density at radius 2 is 2.22 bits per heavy atom. The van der Waals surface area contributed by atoms with E-state index in [9.17, 15) is 9.59 Å². The zero-order valence-electron chi connectivity index (χ0n) is 9.98. The highest BCUT2D eigenvalue weighted by atomic mass is 35.5. The summed E-state index contributed by atoms with van der Waals surface area (Å²) in [5.74, 6) is -1.20. The highest BCUT2D eigenvalue weighted by molar-refractivity contribution is 7.13. The standard InChI is InChI=1S/C12H14ClNO3S/c1-7-6-18-10(9(7)13)11(15)14-5-3-2-4-8(14)12(16)17/h6,8H,2-5H2,1H3,(H,16,17). The molecule has 1 saturated heterocycles. The molecule has 0 saturated carbocycles. The number of carbonyl (C=O) groups excluding carboxylic acids is 1. The maximum absolute atomic E-state index is 12.3. The number of thiophene rings is 1. The molecule has 0 spiro atoms. The molecule has 1 aromatic rings. The molecular weight excluding hydrogens is 274 g/mol. The third-order valence-corrected chi connectivity index (χ3v) is 4.83. The van der Waals surface area contributed by atoms with Gasteiger partial charge in [-0.05, 0) is 37.1 Å². The monoisotopic (exact) mass is 287 g/mol. The summed E-state index contributed by atoms with van der Waals surface area (Å²) in [6.45, 7) is 2.32. The summed E-state index contributed by atoms with van der Waals surface area (Å²) >= 11 is 7.34. The highest BCUT2D eigenvalue weighted by Gasteiger charge is 2.33. The average Bonchev–Trinajstić information content (AvgIpc) is 2.69. The number of aryl methyl sites for hydroxylation is 1. The fourth-order valence-electron chi connectivity index (χ4n) is 2.14. The van der Waals surface area contributed by atoms with Crippen molar-refractivity contribution in [2.45, 2.75) is 32.2 Å². The van der Waals surface area contributed by atoms with Crippen LogP contribution in [0.15, 0.2) is 5.38 Å². The topological polar surface area (TPSA) is 57.6 Å². The van der Waals surface area contributed by atoms with Crippen LogP contribution >= 0.6 is 22.9 Å². The number of halogens is 1. The molecule has 2 rings (SSSR count). The molecule has 1 aliphatic heterocycles. The SMILES string of the molecule is Cc1csc(C(=O)N2CCCCC2C(=O)O)c1Cl. The van der Waals surface area contributed by atoms with E-state index in [4.69, 9.17) is 16.7 Å². The molecule has 1 aliphatic rings. The molecule has 0 aromatic carbocycles. The van der Waals surface area contributed by atoms with Crippen molar-refractivity contribution in [2.24, 2.45) is 0 Å². The number of amides is 1. The van der Waals surface area contributed by atoms with E-state index in [1.54, 1.807) is 0 Å². The predicted octanol–water partition coefficient (Wildman–Crippen LogP) is 2.79. The number of likely N-dealkylation sites (tertiary alicyclic amines) is 1. The van der Waals surface area contributed by atoms with Crippen molar-refractivity contribution in [1.82, 2.24) is 4.90 Å². The van der Waals surface area contributed by atoms with Gasteiger partial charge in [0.15, 0.2) is 0 Å². The first-order valence-electron chi connectivity index (χ1n) is 5.79. The van der Waals surface area contributed by atoms with Gasteiger partial charge < -0.3 is 10.0 Å². The molecule has 1 N–H and O–H groups in total. The fourth-order valence-corrected chi connectivity index (χ4v) is 3.36. The zero-order valence-corrected chi connectivity index (χ0v) is 11.6. The van der Waals surface area contributed by atoms with Crippen molar-refractivity contribution >= 4 is 34.8 Å². The van der Waals surface area contributed by atoms with E-state index in [0.29, 0.717) is 22.9 Å². The molecule has 4 nitrogen and oxygen atoms in total. The van der Waals surface area contributed by atoms with Gasteiger partial charge in [0, 0.05) is 6.54 Å². The summed E-state index contributed by atoms with van der Waals surface area (Å²) in [4.78, 5) is 25.4. The minimum Gasteiger partial charge on any atom is -0.480 e. The van der Waals surface area contributed by atoms with Gasteiger partial charge in [0.2, 0.25) is 0 Å². The van der Waals surface area contributed by atoms with Crippen LogP contribution in [0, 0.1) is 6.92 Å². The lowest BCUT2D eigenvalue weighted by Gasteiger charge is -2.32. The van der Waals surface area contributed by atoms with Crippen LogP contribution in [0.1, 0.15) is 34.5 Å². The van der Waals surface area contributed by atoms with E-state index in [0.717, 1.165) is 18.4 Å². The Hall–Kier alpha value is -1.07. The van der Waals surface area contributed by atoms with E-state index < -0.39 is 12.0 Å². The van der Waals surface area contributed by atoms with Crippen molar-refractivity contribution in [2.75, 3.05) is 6.54 Å². The lowest BCUT2D eigenvalue weighted by molar-refractivity contribution is -0.143. The quantitative estimate of drug-likeness (QED) is 0.910. The van der Waals surface area contributed by atoms with Crippen molar-refractivity contribution < 1.29 is 14.7 Å². The number of carboxylic acid groups (broad SMARTS) is 1. The first kappa shape index (κ1) is 13.4. The van der Waals surface area contributed by atoms with Crippen LogP contribution in [0.5, 0.6) is 0 Å². The van der Waals surface area contributed by atoms with Crippen molar-refractivity contribution in [1.29, 1.82) is 0 Å². The van der Waals surface area contributed by atoms with Crippen molar-refractivity contribution in [3.63, 3.8) is 0 Å². The Morgan fingerprint density at radius 1 is 1.50 bits per heavy atom. The molecule has 1 unspecified atom stereocenters. The van der Waals surface area contributed by atoms with Crippen molar-refractivity contribution in [3.05, 3.63) is 20.8 Å². The summed E-state index contributed by atoms with van der Waals surface area (Å²) in [6, 6.07) is -0.718. The van der Waals surface area contributed by atoms with E-state index in [1.807, 2.05) is 12.3 Å². The Kier molecular flexibility index (Phi) is 3.92. The third kappa shape index (κ3) is 2.37.